The van der Waals surface area contributed by atoms with E-state index in [0.29, 0.717) is 5.82 Å². The van der Waals surface area contributed by atoms with Crippen LogP contribution in [-0.4, -0.2) is 4.98 Å². The van der Waals surface area contributed by atoms with Crippen LogP contribution in [0.4, 0.5) is 5.82 Å². The van der Waals surface area contributed by atoms with Gasteiger partial charge in [0.2, 0.25) is 0 Å². The molecule has 0 amide bonds. The molecule has 0 radical (unpaired) electrons. The van der Waals surface area contributed by atoms with Crippen molar-refractivity contribution in [2.45, 2.75) is 19.8 Å². The van der Waals surface area contributed by atoms with Crippen LogP contribution in [0.5, 0.6) is 0 Å². The number of aryl methyl sites for hydroxylation is 3. The molecule has 0 atom stereocenters. The van der Waals surface area contributed by atoms with Gasteiger partial charge in [0.05, 0.1) is 0 Å². The van der Waals surface area contributed by atoms with Crippen molar-refractivity contribution in [3.63, 3.8) is 0 Å². The molecule has 1 aliphatic rings. The first-order valence-corrected chi connectivity index (χ1v) is 7.01. The molecule has 98 valence electrons. The third kappa shape index (κ3) is 1.54. The van der Waals surface area contributed by atoms with E-state index in [0.717, 1.165) is 18.5 Å². The maximum absolute atomic E-state index is 5.77. The third-order valence-corrected chi connectivity index (χ3v) is 4.27. The number of hydrogen-bond donors (Lipinski definition) is 1. The topological polar surface area (TPSA) is 38.9 Å². The minimum atomic E-state index is 0.581. The van der Waals surface area contributed by atoms with Crippen LogP contribution < -0.4 is 5.73 Å². The fourth-order valence-corrected chi connectivity index (χ4v) is 3.35. The minimum Gasteiger partial charge on any atom is -0.384 e. The quantitative estimate of drug-likeness (QED) is 0.721. The predicted octanol–water partition coefficient (Wildman–Crippen LogP) is 3.89. The molecule has 2 N–H and O–H groups in total. The van der Waals surface area contributed by atoms with Crippen LogP contribution in [0.1, 0.15) is 16.8 Å². The number of nitrogens with zero attached hydrogens (tertiary/aromatic N) is 1. The van der Waals surface area contributed by atoms with Crippen molar-refractivity contribution < 1.29 is 0 Å². The van der Waals surface area contributed by atoms with E-state index in [1.165, 1.54) is 33.0 Å². The number of aromatic nitrogens is 1. The van der Waals surface area contributed by atoms with E-state index in [1.54, 1.807) is 0 Å². The summed E-state index contributed by atoms with van der Waals surface area (Å²) in [4.78, 5) is 4.40. The molecular weight excluding hydrogens is 244 g/mol. The van der Waals surface area contributed by atoms with Crippen molar-refractivity contribution in [1.29, 1.82) is 0 Å². The van der Waals surface area contributed by atoms with Crippen molar-refractivity contribution >= 4 is 16.6 Å². The molecule has 1 heterocycles. The first-order valence-electron chi connectivity index (χ1n) is 7.01. The number of nitrogens with two attached hydrogens (primary N) is 1. The average Bonchev–Trinajstić information content (AvgIpc) is 2.86. The monoisotopic (exact) mass is 260 g/mol. The van der Waals surface area contributed by atoms with E-state index < -0.39 is 0 Å². The van der Waals surface area contributed by atoms with Crippen LogP contribution in [-0.2, 0) is 12.8 Å². The zero-order chi connectivity index (χ0) is 13.7. The van der Waals surface area contributed by atoms with E-state index in [-0.39, 0.29) is 0 Å². The zero-order valence-electron chi connectivity index (χ0n) is 11.5. The normalized spacial score (nSPS) is 13.1. The lowest BCUT2D eigenvalue weighted by Gasteiger charge is -2.11. The van der Waals surface area contributed by atoms with Gasteiger partial charge in [0.25, 0.3) is 0 Å². The summed E-state index contributed by atoms with van der Waals surface area (Å²) in [6.45, 7) is 2.02. The second-order valence-electron chi connectivity index (χ2n) is 5.48. The van der Waals surface area contributed by atoms with Gasteiger partial charge >= 0.3 is 0 Å². The lowest BCUT2D eigenvalue weighted by atomic mass is 9.94. The van der Waals surface area contributed by atoms with Crippen molar-refractivity contribution in [2.75, 3.05) is 5.73 Å². The van der Waals surface area contributed by atoms with Crippen LogP contribution in [0.15, 0.2) is 42.5 Å². The van der Waals surface area contributed by atoms with Gasteiger partial charge < -0.3 is 5.73 Å². The molecule has 2 heteroatoms. The van der Waals surface area contributed by atoms with Crippen molar-refractivity contribution in [1.82, 2.24) is 4.98 Å². The maximum Gasteiger partial charge on any atom is 0.123 e. The Labute approximate surface area is 118 Å². The molecule has 0 spiro atoms. The van der Waals surface area contributed by atoms with E-state index in [9.17, 15) is 0 Å². The molecule has 0 fully saturated rings. The lowest BCUT2D eigenvalue weighted by Crippen LogP contribution is -1.95. The van der Waals surface area contributed by atoms with Gasteiger partial charge in [-0.2, -0.15) is 0 Å². The van der Waals surface area contributed by atoms with Crippen LogP contribution in [0, 0.1) is 6.92 Å². The maximum atomic E-state index is 5.77. The van der Waals surface area contributed by atoms with Gasteiger partial charge in [0, 0.05) is 11.3 Å². The summed E-state index contributed by atoms with van der Waals surface area (Å²) >= 11 is 0. The number of pyridine rings is 1. The Hall–Kier alpha value is -2.35. The van der Waals surface area contributed by atoms with Gasteiger partial charge in [-0.1, -0.05) is 30.3 Å². The first-order chi connectivity index (χ1) is 9.74. The minimum absolute atomic E-state index is 0.581. The lowest BCUT2D eigenvalue weighted by molar-refractivity contribution is 1.02. The van der Waals surface area contributed by atoms with E-state index in [2.05, 4.69) is 41.4 Å². The largest absolute Gasteiger partial charge is 0.384 e. The Kier molecular flexibility index (Phi) is 2.34. The molecular formula is C18H16N2. The Balaban J connectivity index is 2.06. The summed E-state index contributed by atoms with van der Waals surface area (Å²) < 4.78 is 0. The molecule has 0 bridgehead atoms. The van der Waals surface area contributed by atoms with Crippen molar-refractivity contribution in [2.24, 2.45) is 0 Å². The van der Waals surface area contributed by atoms with E-state index in [1.807, 2.05) is 13.0 Å². The molecule has 1 aromatic heterocycles. The first kappa shape index (κ1) is 11.5. The smallest absolute Gasteiger partial charge is 0.123 e. The highest BCUT2D eigenvalue weighted by atomic mass is 14.8. The average molecular weight is 260 g/mol. The zero-order valence-corrected chi connectivity index (χ0v) is 11.5. The standard InChI is InChI=1S/C18H16N2/c1-11-14(9-10-17(19)20-11)15-8-7-13-6-5-12-3-2-4-16(15)18(12)13/h2-4,7-10H,5-6H2,1H3,(H2,19,20). The fraction of sp³-hybridized carbons (Fsp3) is 0.167. The number of rotatable bonds is 1. The second kappa shape index (κ2) is 4.07. The Morgan fingerprint density at radius 3 is 2.45 bits per heavy atom. The van der Waals surface area contributed by atoms with Gasteiger partial charge in [-0.15, -0.1) is 0 Å². The number of anilines is 1. The third-order valence-electron chi connectivity index (χ3n) is 4.27. The Morgan fingerprint density at radius 2 is 1.65 bits per heavy atom. The SMILES string of the molecule is Cc1nc(N)ccc1-c1ccc2c3c(cccc13)CC2. The molecule has 1 aliphatic carbocycles. The second-order valence-corrected chi connectivity index (χ2v) is 5.48. The molecule has 0 saturated carbocycles. The molecule has 20 heavy (non-hydrogen) atoms. The van der Waals surface area contributed by atoms with Crippen LogP contribution in [0.2, 0.25) is 0 Å². The molecule has 0 saturated heterocycles. The summed E-state index contributed by atoms with van der Waals surface area (Å²) in [6, 6.07) is 15.1. The van der Waals surface area contributed by atoms with Gasteiger partial charge in [0.1, 0.15) is 5.82 Å². The van der Waals surface area contributed by atoms with E-state index in [4.69, 9.17) is 5.73 Å². The van der Waals surface area contributed by atoms with Crippen LogP contribution >= 0.6 is 0 Å². The van der Waals surface area contributed by atoms with Gasteiger partial charge in [-0.3, -0.25) is 0 Å². The summed E-state index contributed by atoms with van der Waals surface area (Å²) in [5.74, 6) is 0.581. The van der Waals surface area contributed by atoms with Gasteiger partial charge in [-0.25, -0.2) is 4.98 Å². The Bertz CT molecular complexity index is 824. The number of benzene rings is 2. The highest BCUT2D eigenvalue weighted by Crippen LogP contribution is 2.37. The summed E-state index contributed by atoms with van der Waals surface area (Å²) in [5.41, 5.74) is 12.1. The summed E-state index contributed by atoms with van der Waals surface area (Å²) in [7, 11) is 0. The van der Waals surface area contributed by atoms with Gasteiger partial charge in [-0.05, 0) is 59.4 Å². The number of nitrogen functional groups attached to an aromatic ring is 1. The summed E-state index contributed by atoms with van der Waals surface area (Å²) in [5, 5.41) is 2.79. The molecule has 2 nitrogen and oxygen atoms in total. The van der Waals surface area contributed by atoms with Crippen molar-refractivity contribution in [3.8, 4) is 11.1 Å². The van der Waals surface area contributed by atoms with Crippen LogP contribution in [0.25, 0.3) is 21.9 Å². The Morgan fingerprint density at radius 1 is 0.900 bits per heavy atom. The molecule has 2 aromatic carbocycles. The molecule has 0 aliphatic heterocycles. The fourth-order valence-electron chi connectivity index (χ4n) is 3.35. The molecule has 3 aromatic rings. The molecule has 4 rings (SSSR count). The predicted molar refractivity (Wildman–Crippen MR) is 83.7 cm³/mol. The van der Waals surface area contributed by atoms with Gasteiger partial charge in [0.15, 0.2) is 0 Å². The highest BCUT2D eigenvalue weighted by Gasteiger charge is 2.17. The molecule has 0 unspecified atom stereocenters. The summed E-state index contributed by atoms with van der Waals surface area (Å²) in [6.07, 6.45) is 2.32. The van der Waals surface area contributed by atoms with Crippen molar-refractivity contribution in [3.05, 3.63) is 59.3 Å². The van der Waals surface area contributed by atoms with Crippen LogP contribution in [0.3, 0.4) is 0 Å². The highest BCUT2D eigenvalue weighted by molar-refractivity contribution is 6.01. The van der Waals surface area contributed by atoms with E-state index >= 15 is 0 Å². The number of hydrogen-bond acceptors (Lipinski definition) is 2.